The van der Waals surface area contributed by atoms with Crippen LogP contribution in [-0.2, 0) is 0 Å². The standard InChI is InChI=1S/C13H18Cl2N2O/c1-4-13(2,3)7-17-12(18)9-5-8(16)6-10(14)11(9)15/h5-6H,4,7,16H2,1-3H3,(H,17,18). The van der Waals surface area contributed by atoms with Crippen LogP contribution in [0.2, 0.25) is 10.0 Å². The van der Waals surface area contributed by atoms with Gasteiger partial charge in [-0.3, -0.25) is 4.79 Å². The van der Waals surface area contributed by atoms with Crippen LogP contribution in [0.4, 0.5) is 5.69 Å². The second kappa shape index (κ2) is 5.81. The molecule has 0 unspecified atom stereocenters. The van der Waals surface area contributed by atoms with Gasteiger partial charge in [-0.2, -0.15) is 0 Å². The number of hydrogen-bond donors (Lipinski definition) is 2. The number of nitrogen functional groups attached to an aromatic ring is 1. The van der Waals surface area contributed by atoms with Crippen LogP contribution in [0.3, 0.4) is 0 Å². The van der Waals surface area contributed by atoms with Crippen LogP contribution in [0.25, 0.3) is 0 Å². The largest absolute Gasteiger partial charge is 0.399 e. The van der Waals surface area contributed by atoms with E-state index in [2.05, 4.69) is 26.1 Å². The van der Waals surface area contributed by atoms with Gasteiger partial charge in [0.1, 0.15) is 0 Å². The normalized spacial score (nSPS) is 11.4. The minimum absolute atomic E-state index is 0.0479. The van der Waals surface area contributed by atoms with Crippen molar-refractivity contribution in [1.82, 2.24) is 5.32 Å². The summed E-state index contributed by atoms with van der Waals surface area (Å²) in [6.45, 7) is 6.82. The fourth-order valence-electron chi connectivity index (χ4n) is 1.32. The molecule has 1 aromatic carbocycles. The molecule has 0 radical (unpaired) electrons. The predicted molar refractivity (Wildman–Crippen MR) is 77.3 cm³/mol. The fraction of sp³-hybridized carbons (Fsp3) is 0.462. The number of nitrogens with one attached hydrogen (secondary N) is 1. The Morgan fingerprint density at radius 1 is 1.39 bits per heavy atom. The highest BCUT2D eigenvalue weighted by atomic mass is 35.5. The zero-order chi connectivity index (χ0) is 13.9. The van der Waals surface area contributed by atoms with E-state index in [4.69, 9.17) is 28.9 Å². The Bertz CT molecular complexity index is 459. The topological polar surface area (TPSA) is 55.1 Å². The third kappa shape index (κ3) is 3.79. The summed E-state index contributed by atoms with van der Waals surface area (Å²) in [7, 11) is 0. The molecule has 0 fully saturated rings. The lowest BCUT2D eigenvalue weighted by Crippen LogP contribution is -2.33. The summed E-state index contributed by atoms with van der Waals surface area (Å²) >= 11 is 11.9. The first-order valence-electron chi connectivity index (χ1n) is 5.79. The van der Waals surface area contributed by atoms with E-state index >= 15 is 0 Å². The Labute approximate surface area is 118 Å². The van der Waals surface area contributed by atoms with Crippen LogP contribution in [-0.4, -0.2) is 12.5 Å². The number of carbonyl (C=O) groups excluding carboxylic acids is 1. The van der Waals surface area contributed by atoms with Gasteiger partial charge in [-0.15, -0.1) is 0 Å². The van der Waals surface area contributed by atoms with E-state index in [9.17, 15) is 4.79 Å². The number of nitrogens with two attached hydrogens (primary N) is 1. The van der Waals surface area contributed by atoms with Gasteiger partial charge in [0.25, 0.3) is 5.91 Å². The first-order chi connectivity index (χ1) is 8.26. The number of carbonyl (C=O) groups is 1. The summed E-state index contributed by atoms with van der Waals surface area (Å²) in [6, 6.07) is 3.05. The molecule has 0 atom stereocenters. The van der Waals surface area contributed by atoms with Crippen LogP contribution in [0.1, 0.15) is 37.6 Å². The minimum Gasteiger partial charge on any atom is -0.399 e. The second-order valence-corrected chi connectivity index (χ2v) is 5.85. The quantitative estimate of drug-likeness (QED) is 0.829. The SMILES string of the molecule is CCC(C)(C)CNC(=O)c1cc(N)cc(Cl)c1Cl. The lowest BCUT2D eigenvalue weighted by Gasteiger charge is -2.23. The average molecular weight is 289 g/mol. The molecule has 0 aliphatic carbocycles. The first kappa shape index (κ1) is 15.1. The summed E-state index contributed by atoms with van der Waals surface area (Å²) in [5.41, 5.74) is 6.43. The predicted octanol–water partition coefficient (Wildman–Crippen LogP) is 3.74. The van der Waals surface area contributed by atoms with Gasteiger partial charge in [0.2, 0.25) is 0 Å². The van der Waals surface area contributed by atoms with E-state index in [1.54, 1.807) is 0 Å². The summed E-state index contributed by atoms with van der Waals surface area (Å²) in [6.07, 6.45) is 0.971. The van der Waals surface area contributed by atoms with Crippen molar-refractivity contribution in [2.75, 3.05) is 12.3 Å². The van der Waals surface area contributed by atoms with Gasteiger partial charge in [0.05, 0.1) is 15.6 Å². The molecule has 0 aliphatic heterocycles. The molecule has 0 bridgehead atoms. The molecule has 0 saturated heterocycles. The maximum atomic E-state index is 12.0. The van der Waals surface area contributed by atoms with Crippen molar-refractivity contribution in [3.8, 4) is 0 Å². The Hall–Kier alpha value is -0.930. The number of amides is 1. The van der Waals surface area contributed by atoms with Crippen LogP contribution < -0.4 is 11.1 Å². The van der Waals surface area contributed by atoms with Crippen molar-refractivity contribution < 1.29 is 4.79 Å². The molecule has 100 valence electrons. The molecule has 0 saturated carbocycles. The summed E-state index contributed by atoms with van der Waals surface area (Å²) in [5, 5.41) is 3.37. The highest BCUT2D eigenvalue weighted by molar-refractivity contribution is 6.44. The first-order valence-corrected chi connectivity index (χ1v) is 6.55. The highest BCUT2D eigenvalue weighted by Gasteiger charge is 2.19. The molecule has 0 aliphatic rings. The third-order valence-corrected chi connectivity index (χ3v) is 3.78. The number of hydrogen-bond acceptors (Lipinski definition) is 2. The monoisotopic (exact) mass is 288 g/mol. The van der Waals surface area contributed by atoms with E-state index in [0.29, 0.717) is 17.8 Å². The van der Waals surface area contributed by atoms with E-state index in [1.165, 1.54) is 12.1 Å². The number of rotatable bonds is 4. The van der Waals surface area contributed by atoms with Crippen LogP contribution in [0, 0.1) is 5.41 Å². The van der Waals surface area contributed by atoms with Gasteiger partial charge in [-0.25, -0.2) is 0 Å². The molecular formula is C13H18Cl2N2O. The van der Waals surface area contributed by atoms with Crippen molar-refractivity contribution in [2.45, 2.75) is 27.2 Å². The highest BCUT2D eigenvalue weighted by Crippen LogP contribution is 2.29. The Balaban J connectivity index is 2.85. The van der Waals surface area contributed by atoms with Crippen molar-refractivity contribution in [1.29, 1.82) is 0 Å². The third-order valence-electron chi connectivity index (χ3n) is 2.98. The summed E-state index contributed by atoms with van der Waals surface area (Å²) in [4.78, 5) is 12.0. The van der Waals surface area contributed by atoms with Gasteiger partial charge < -0.3 is 11.1 Å². The lowest BCUT2D eigenvalue weighted by atomic mass is 9.90. The zero-order valence-corrected chi connectivity index (χ0v) is 12.3. The van der Waals surface area contributed by atoms with Gasteiger partial charge in [0.15, 0.2) is 0 Å². The molecule has 3 N–H and O–H groups in total. The molecule has 1 rings (SSSR count). The van der Waals surface area contributed by atoms with Crippen LogP contribution >= 0.6 is 23.2 Å². The molecule has 1 aromatic rings. The van der Waals surface area contributed by atoms with Gasteiger partial charge in [-0.05, 0) is 24.0 Å². The maximum absolute atomic E-state index is 12.0. The number of benzene rings is 1. The minimum atomic E-state index is -0.254. The number of halogens is 2. The summed E-state index contributed by atoms with van der Waals surface area (Å²) < 4.78 is 0. The number of anilines is 1. The fourth-order valence-corrected chi connectivity index (χ4v) is 1.74. The van der Waals surface area contributed by atoms with Crippen molar-refractivity contribution in [3.05, 3.63) is 27.7 Å². The Morgan fingerprint density at radius 2 is 2.00 bits per heavy atom. The van der Waals surface area contributed by atoms with E-state index in [1.807, 2.05) is 0 Å². The van der Waals surface area contributed by atoms with Crippen LogP contribution in [0.5, 0.6) is 0 Å². The lowest BCUT2D eigenvalue weighted by molar-refractivity contribution is 0.0936. The smallest absolute Gasteiger partial charge is 0.252 e. The van der Waals surface area contributed by atoms with Gasteiger partial charge in [-0.1, -0.05) is 44.0 Å². The van der Waals surface area contributed by atoms with Crippen molar-refractivity contribution >= 4 is 34.8 Å². The molecule has 3 nitrogen and oxygen atoms in total. The second-order valence-electron chi connectivity index (χ2n) is 5.06. The molecule has 0 spiro atoms. The van der Waals surface area contributed by atoms with Gasteiger partial charge in [0, 0.05) is 12.2 Å². The van der Waals surface area contributed by atoms with Crippen molar-refractivity contribution in [2.24, 2.45) is 5.41 Å². The molecule has 5 heteroatoms. The van der Waals surface area contributed by atoms with E-state index < -0.39 is 0 Å². The van der Waals surface area contributed by atoms with Crippen LogP contribution in [0.15, 0.2) is 12.1 Å². The van der Waals surface area contributed by atoms with E-state index in [-0.39, 0.29) is 21.4 Å². The molecule has 0 heterocycles. The van der Waals surface area contributed by atoms with Gasteiger partial charge >= 0.3 is 0 Å². The Morgan fingerprint density at radius 3 is 2.56 bits per heavy atom. The molecule has 1 amide bonds. The maximum Gasteiger partial charge on any atom is 0.252 e. The Kier molecular flexibility index (Phi) is 4.88. The van der Waals surface area contributed by atoms with Crippen molar-refractivity contribution in [3.63, 3.8) is 0 Å². The molecule has 18 heavy (non-hydrogen) atoms. The molecule has 0 aromatic heterocycles. The molecular weight excluding hydrogens is 271 g/mol. The average Bonchev–Trinajstić information content (AvgIpc) is 2.31. The van der Waals surface area contributed by atoms with E-state index in [0.717, 1.165) is 6.42 Å². The summed E-state index contributed by atoms with van der Waals surface area (Å²) in [5.74, 6) is -0.254. The zero-order valence-electron chi connectivity index (χ0n) is 10.8.